The molecule has 1 aromatic carbocycles. The van der Waals surface area contributed by atoms with Crippen molar-refractivity contribution < 1.29 is 4.42 Å². The topological polar surface area (TPSA) is 39.2 Å². The molecule has 0 atom stereocenters. The molecule has 0 bridgehead atoms. The van der Waals surface area contributed by atoms with Crippen LogP contribution in [0.5, 0.6) is 0 Å². The molecule has 1 heterocycles. The average molecular weight is 189 g/mol. The molecule has 2 rings (SSSR count). The molecule has 0 amide bonds. The molecule has 74 valence electrons. The van der Waals surface area contributed by atoms with Gasteiger partial charge in [0.05, 0.1) is 12.0 Å². The van der Waals surface area contributed by atoms with Gasteiger partial charge < -0.3 is 10.2 Å². The minimum atomic E-state index is 0.0963. The van der Waals surface area contributed by atoms with E-state index in [1.54, 1.807) is 6.26 Å². The van der Waals surface area contributed by atoms with Gasteiger partial charge in [0.25, 0.3) is 0 Å². The van der Waals surface area contributed by atoms with Crippen molar-refractivity contribution in [3.8, 4) is 0 Å². The van der Waals surface area contributed by atoms with Gasteiger partial charge in [-0.1, -0.05) is 32.9 Å². The second-order valence-corrected chi connectivity index (χ2v) is 4.62. The Labute approximate surface area is 83.7 Å². The minimum Gasteiger partial charge on any atom is -0.462 e. The first-order valence-electron chi connectivity index (χ1n) is 4.76. The Morgan fingerprint density at radius 3 is 2.57 bits per heavy atom. The number of rotatable bonds is 0. The SMILES string of the molecule is CC(C)(C)c1coc2c(N)cccc12. The Morgan fingerprint density at radius 1 is 1.21 bits per heavy atom. The van der Waals surface area contributed by atoms with Gasteiger partial charge in [0.15, 0.2) is 5.58 Å². The second-order valence-electron chi connectivity index (χ2n) is 4.62. The summed E-state index contributed by atoms with van der Waals surface area (Å²) in [6.07, 6.45) is 1.81. The summed E-state index contributed by atoms with van der Waals surface area (Å²) in [5.74, 6) is 0. The van der Waals surface area contributed by atoms with E-state index in [9.17, 15) is 0 Å². The lowest BCUT2D eigenvalue weighted by molar-refractivity contribution is 0.557. The lowest BCUT2D eigenvalue weighted by Crippen LogP contribution is -2.09. The van der Waals surface area contributed by atoms with Crippen LogP contribution in [0.1, 0.15) is 26.3 Å². The van der Waals surface area contributed by atoms with Crippen molar-refractivity contribution in [2.24, 2.45) is 0 Å². The van der Waals surface area contributed by atoms with Crippen molar-refractivity contribution >= 4 is 16.7 Å². The molecular weight excluding hydrogens is 174 g/mol. The van der Waals surface area contributed by atoms with Gasteiger partial charge in [-0.3, -0.25) is 0 Å². The van der Waals surface area contributed by atoms with Gasteiger partial charge in [-0.25, -0.2) is 0 Å². The van der Waals surface area contributed by atoms with Crippen LogP contribution in [0, 0.1) is 0 Å². The number of furan rings is 1. The highest BCUT2D eigenvalue weighted by Crippen LogP contribution is 2.33. The molecule has 14 heavy (non-hydrogen) atoms. The molecule has 0 saturated heterocycles. The van der Waals surface area contributed by atoms with Crippen LogP contribution in [0.4, 0.5) is 5.69 Å². The van der Waals surface area contributed by atoms with Gasteiger partial charge >= 0.3 is 0 Å². The van der Waals surface area contributed by atoms with Gasteiger partial charge in [0, 0.05) is 10.9 Å². The van der Waals surface area contributed by atoms with E-state index >= 15 is 0 Å². The van der Waals surface area contributed by atoms with E-state index < -0.39 is 0 Å². The Balaban J connectivity index is 2.76. The molecule has 2 heteroatoms. The summed E-state index contributed by atoms with van der Waals surface area (Å²) in [5, 5.41) is 1.12. The predicted octanol–water partition coefficient (Wildman–Crippen LogP) is 3.31. The van der Waals surface area contributed by atoms with E-state index in [2.05, 4.69) is 26.8 Å². The smallest absolute Gasteiger partial charge is 0.157 e. The lowest BCUT2D eigenvalue weighted by atomic mass is 9.87. The highest BCUT2D eigenvalue weighted by atomic mass is 16.3. The van der Waals surface area contributed by atoms with Crippen LogP contribution in [0.2, 0.25) is 0 Å². The Hall–Kier alpha value is -1.44. The molecule has 0 fully saturated rings. The summed E-state index contributed by atoms with van der Waals surface area (Å²) in [6.45, 7) is 6.50. The predicted molar refractivity (Wildman–Crippen MR) is 59.3 cm³/mol. The van der Waals surface area contributed by atoms with Crippen LogP contribution in [-0.2, 0) is 5.41 Å². The highest BCUT2D eigenvalue weighted by Gasteiger charge is 2.19. The number of hydrogen-bond acceptors (Lipinski definition) is 2. The zero-order chi connectivity index (χ0) is 10.3. The number of benzene rings is 1. The molecule has 0 aliphatic carbocycles. The largest absolute Gasteiger partial charge is 0.462 e. The van der Waals surface area contributed by atoms with Crippen molar-refractivity contribution in [1.82, 2.24) is 0 Å². The maximum Gasteiger partial charge on any atom is 0.157 e. The summed E-state index contributed by atoms with van der Waals surface area (Å²) >= 11 is 0. The molecule has 2 nitrogen and oxygen atoms in total. The van der Waals surface area contributed by atoms with Gasteiger partial charge in [-0.05, 0) is 11.5 Å². The number of para-hydroxylation sites is 1. The average Bonchev–Trinajstić information content (AvgIpc) is 2.47. The van der Waals surface area contributed by atoms with Crippen molar-refractivity contribution in [3.63, 3.8) is 0 Å². The number of hydrogen-bond donors (Lipinski definition) is 1. The Morgan fingerprint density at radius 2 is 1.93 bits per heavy atom. The molecule has 0 spiro atoms. The minimum absolute atomic E-state index is 0.0963. The summed E-state index contributed by atoms with van der Waals surface area (Å²) in [4.78, 5) is 0. The van der Waals surface area contributed by atoms with E-state index in [1.807, 2.05) is 12.1 Å². The van der Waals surface area contributed by atoms with Gasteiger partial charge in [-0.2, -0.15) is 0 Å². The maximum atomic E-state index is 5.82. The summed E-state index contributed by atoms with van der Waals surface area (Å²) < 4.78 is 5.48. The van der Waals surface area contributed by atoms with E-state index in [-0.39, 0.29) is 5.41 Å². The van der Waals surface area contributed by atoms with E-state index in [1.165, 1.54) is 5.56 Å². The number of fused-ring (bicyclic) bond motifs is 1. The molecule has 0 radical (unpaired) electrons. The lowest BCUT2D eigenvalue weighted by Gasteiger charge is -2.16. The third kappa shape index (κ3) is 1.27. The molecular formula is C12H15NO. The normalized spacial score (nSPS) is 12.2. The summed E-state index contributed by atoms with van der Waals surface area (Å²) in [5.41, 5.74) is 8.63. The molecule has 0 aliphatic heterocycles. The molecule has 2 aromatic rings. The molecule has 0 unspecified atom stereocenters. The van der Waals surface area contributed by atoms with Crippen LogP contribution < -0.4 is 5.73 Å². The standard InChI is InChI=1S/C12H15NO/c1-12(2,3)9-7-14-11-8(9)5-4-6-10(11)13/h4-7H,13H2,1-3H3. The first kappa shape index (κ1) is 9.13. The molecule has 1 aromatic heterocycles. The van der Waals surface area contributed by atoms with E-state index in [0.717, 1.165) is 11.0 Å². The highest BCUT2D eigenvalue weighted by molar-refractivity contribution is 5.90. The zero-order valence-corrected chi connectivity index (χ0v) is 8.79. The third-order valence-corrected chi connectivity index (χ3v) is 2.44. The number of nitrogen functional groups attached to an aromatic ring is 1. The summed E-state index contributed by atoms with van der Waals surface area (Å²) in [6, 6.07) is 5.87. The van der Waals surface area contributed by atoms with Crippen molar-refractivity contribution in [1.29, 1.82) is 0 Å². The van der Waals surface area contributed by atoms with Crippen LogP contribution in [0.25, 0.3) is 11.0 Å². The van der Waals surface area contributed by atoms with E-state index in [4.69, 9.17) is 10.2 Å². The van der Waals surface area contributed by atoms with Gasteiger partial charge in [0.1, 0.15) is 0 Å². The van der Waals surface area contributed by atoms with Crippen molar-refractivity contribution in [3.05, 3.63) is 30.0 Å². The fourth-order valence-electron chi connectivity index (χ4n) is 1.66. The van der Waals surface area contributed by atoms with Crippen molar-refractivity contribution in [2.45, 2.75) is 26.2 Å². The number of nitrogens with two attached hydrogens (primary N) is 1. The first-order chi connectivity index (χ1) is 6.50. The maximum absolute atomic E-state index is 5.82. The zero-order valence-electron chi connectivity index (χ0n) is 8.79. The fraction of sp³-hybridized carbons (Fsp3) is 0.333. The van der Waals surface area contributed by atoms with Crippen LogP contribution in [0.3, 0.4) is 0 Å². The van der Waals surface area contributed by atoms with Crippen molar-refractivity contribution in [2.75, 3.05) is 5.73 Å². The molecule has 0 saturated carbocycles. The van der Waals surface area contributed by atoms with Crippen LogP contribution in [-0.4, -0.2) is 0 Å². The molecule has 2 N–H and O–H groups in total. The number of anilines is 1. The third-order valence-electron chi connectivity index (χ3n) is 2.44. The van der Waals surface area contributed by atoms with Crippen LogP contribution in [0.15, 0.2) is 28.9 Å². The quantitative estimate of drug-likeness (QED) is 0.646. The van der Waals surface area contributed by atoms with Crippen LogP contribution >= 0.6 is 0 Å². The monoisotopic (exact) mass is 189 g/mol. The van der Waals surface area contributed by atoms with E-state index in [0.29, 0.717) is 5.69 Å². The second kappa shape index (κ2) is 2.77. The van der Waals surface area contributed by atoms with Gasteiger partial charge in [-0.15, -0.1) is 0 Å². The van der Waals surface area contributed by atoms with Gasteiger partial charge in [0.2, 0.25) is 0 Å². The summed E-state index contributed by atoms with van der Waals surface area (Å²) in [7, 11) is 0. The fourth-order valence-corrected chi connectivity index (χ4v) is 1.66. The first-order valence-corrected chi connectivity index (χ1v) is 4.76. The Kier molecular flexibility index (Phi) is 1.81. The Bertz CT molecular complexity index is 463. The molecule has 0 aliphatic rings.